The van der Waals surface area contributed by atoms with Crippen molar-refractivity contribution in [1.82, 2.24) is 39.0 Å². The molecule has 0 spiro atoms. The number of hydrogen-bond acceptors (Lipinski definition) is 12. The molecule has 0 saturated heterocycles. The largest absolute Gasteiger partial charge is 0.475 e. The summed E-state index contributed by atoms with van der Waals surface area (Å²) in [5.74, 6) is 2.84. The molecule has 296 valence electrons. The molecule has 0 aliphatic carbocycles. The van der Waals surface area contributed by atoms with E-state index in [9.17, 15) is 8.78 Å². The van der Waals surface area contributed by atoms with Gasteiger partial charge < -0.3 is 39.1 Å². The lowest BCUT2D eigenvalue weighted by molar-refractivity contribution is 0.0883. The first-order valence-corrected chi connectivity index (χ1v) is 18.7. The Kier molecular flexibility index (Phi) is 14.4. The van der Waals surface area contributed by atoms with Gasteiger partial charge in [0.05, 0.1) is 37.5 Å². The van der Waals surface area contributed by atoms with Crippen LogP contribution in [0.25, 0.3) is 43.9 Å². The quantitative estimate of drug-likeness (QED) is 0.0819. The molecule has 0 aliphatic heterocycles. The fourth-order valence-corrected chi connectivity index (χ4v) is 6.13. The SMILES string of the molecule is Cn1c2ccncc2c2ccc(N)nc21.Cn1c2ccncc2c2ccc(Nc3cccc(OCCOCCF)n3)nc21.FCCOCCOc1cccc(Br)n1. The summed E-state index contributed by atoms with van der Waals surface area (Å²) in [5, 5.41) is 7.53. The molecule has 57 heavy (non-hydrogen) atoms. The van der Waals surface area contributed by atoms with Crippen LogP contribution in [0.15, 0.2) is 102 Å². The second kappa shape index (κ2) is 20.2. The van der Waals surface area contributed by atoms with Crippen molar-refractivity contribution in [2.45, 2.75) is 0 Å². The molecule has 0 radical (unpaired) electrons. The first-order valence-electron chi connectivity index (χ1n) is 17.9. The van der Waals surface area contributed by atoms with Gasteiger partial charge in [-0.25, -0.2) is 23.7 Å². The number of pyridine rings is 6. The van der Waals surface area contributed by atoms with Crippen molar-refractivity contribution in [3.05, 3.63) is 102 Å². The van der Waals surface area contributed by atoms with Crippen LogP contribution < -0.4 is 20.5 Å². The maximum Gasteiger partial charge on any atom is 0.215 e. The van der Waals surface area contributed by atoms with Gasteiger partial charge in [0.1, 0.15) is 59.9 Å². The number of alkyl halides is 2. The standard InChI is InChI=1S/C20H20FN5O2.C11H10N4.C9H11BrFNO2/c1-26-16-7-9-22-13-15(16)14-5-6-18(25-20(14)26)23-17-3-2-4-19(24-17)28-12-11-27-10-8-21;1-15-9-4-5-13-6-8(9)7-2-3-10(12)14-11(7)15;10-8-2-1-3-9(12-8)14-7-6-13-5-4-11/h2-7,9,13H,8,10-12H2,1H3,(H,23,24,25);2-6H,1H3,(H2,12,14);1-3H,4-7H2. The van der Waals surface area contributed by atoms with Crippen LogP contribution in [0, 0.1) is 0 Å². The fraction of sp³-hybridized carbons (Fsp3) is 0.250. The first-order chi connectivity index (χ1) is 27.9. The zero-order valence-corrected chi connectivity index (χ0v) is 32.9. The zero-order valence-electron chi connectivity index (χ0n) is 31.3. The molecule has 0 aliphatic rings. The lowest BCUT2D eigenvalue weighted by Gasteiger charge is -2.09. The lowest BCUT2D eigenvalue weighted by atomic mass is 10.2. The summed E-state index contributed by atoms with van der Waals surface area (Å²) >= 11 is 3.22. The molecule has 8 aromatic rings. The van der Waals surface area contributed by atoms with Crippen LogP contribution in [0.4, 0.5) is 26.2 Å². The molecule has 0 bridgehead atoms. The molecular weight excluding hydrogens is 802 g/mol. The van der Waals surface area contributed by atoms with E-state index >= 15 is 0 Å². The molecule has 0 unspecified atom stereocenters. The topological polar surface area (TPSA) is 162 Å². The molecule has 8 rings (SSSR count). The van der Waals surface area contributed by atoms with Crippen molar-refractivity contribution in [2.24, 2.45) is 14.1 Å². The van der Waals surface area contributed by atoms with E-state index in [1.807, 2.05) is 96.3 Å². The predicted molar refractivity (Wildman–Crippen MR) is 220 cm³/mol. The number of fused-ring (bicyclic) bond motifs is 6. The van der Waals surface area contributed by atoms with E-state index in [0.717, 1.165) is 48.5 Å². The number of hydrogen-bond donors (Lipinski definition) is 2. The van der Waals surface area contributed by atoms with Gasteiger partial charge in [-0.15, -0.1) is 0 Å². The van der Waals surface area contributed by atoms with Crippen LogP contribution in [0.2, 0.25) is 0 Å². The molecular formula is C40H41BrF2N10O4. The summed E-state index contributed by atoms with van der Waals surface area (Å²) in [6.07, 6.45) is 7.27. The molecule has 3 N–H and O–H groups in total. The van der Waals surface area contributed by atoms with Crippen LogP contribution in [-0.2, 0) is 23.6 Å². The van der Waals surface area contributed by atoms with Gasteiger partial charge >= 0.3 is 0 Å². The van der Waals surface area contributed by atoms with Crippen LogP contribution in [0.1, 0.15) is 0 Å². The number of halogens is 3. The number of aromatic nitrogens is 8. The first kappa shape index (κ1) is 40.6. The Bertz CT molecular complexity index is 2540. The Morgan fingerprint density at radius 1 is 0.596 bits per heavy atom. The molecule has 8 aromatic heterocycles. The normalized spacial score (nSPS) is 11.0. The Morgan fingerprint density at radius 2 is 1.14 bits per heavy atom. The number of nitrogens with two attached hydrogens (primary N) is 1. The second-order valence-corrected chi connectivity index (χ2v) is 13.0. The molecule has 17 heteroatoms. The molecule has 0 aromatic carbocycles. The van der Waals surface area contributed by atoms with Crippen LogP contribution in [0.5, 0.6) is 11.8 Å². The number of nitrogen functional groups attached to an aromatic ring is 1. The van der Waals surface area contributed by atoms with Gasteiger partial charge in [0.15, 0.2) is 0 Å². The van der Waals surface area contributed by atoms with Crippen LogP contribution in [0.3, 0.4) is 0 Å². The summed E-state index contributed by atoms with van der Waals surface area (Å²) < 4.78 is 49.1. The van der Waals surface area contributed by atoms with Gasteiger partial charge in [-0.2, -0.15) is 4.98 Å². The maximum atomic E-state index is 12.0. The van der Waals surface area contributed by atoms with Gasteiger partial charge in [0.2, 0.25) is 11.8 Å². The number of aryl methyl sites for hydroxylation is 2. The average Bonchev–Trinajstić information content (AvgIpc) is 3.67. The number of ether oxygens (including phenoxy) is 4. The molecule has 0 saturated carbocycles. The summed E-state index contributed by atoms with van der Waals surface area (Å²) in [6.45, 7) is 0.618. The van der Waals surface area contributed by atoms with E-state index < -0.39 is 13.3 Å². The van der Waals surface area contributed by atoms with Gasteiger partial charge in [-0.3, -0.25) is 9.97 Å². The number of nitrogens with zero attached hydrogens (tertiary/aromatic N) is 8. The molecule has 8 heterocycles. The van der Waals surface area contributed by atoms with Gasteiger partial charge in [0.25, 0.3) is 0 Å². The predicted octanol–water partition coefficient (Wildman–Crippen LogP) is 7.54. The molecule has 0 atom stereocenters. The highest BCUT2D eigenvalue weighted by atomic mass is 79.9. The summed E-state index contributed by atoms with van der Waals surface area (Å²) in [4.78, 5) is 25.8. The lowest BCUT2D eigenvalue weighted by Crippen LogP contribution is -2.09. The highest BCUT2D eigenvalue weighted by Gasteiger charge is 2.11. The smallest absolute Gasteiger partial charge is 0.215 e. The highest BCUT2D eigenvalue weighted by Crippen LogP contribution is 2.28. The number of rotatable bonds is 14. The monoisotopic (exact) mass is 842 g/mol. The third-order valence-electron chi connectivity index (χ3n) is 8.37. The van der Waals surface area contributed by atoms with Crippen LogP contribution >= 0.6 is 15.9 Å². The second-order valence-electron chi connectivity index (χ2n) is 12.2. The van der Waals surface area contributed by atoms with E-state index in [4.69, 9.17) is 29.7 Å². The van der Waals surface area contributed by atoms with E-state index in [2.05, 4.69) is 46.2 Å². The van der Waals surface area contributed by atoms with E-state index in [1.165, 1.54) is 0 Å². The van der Waals surface area contributed by atoms with Crippen molar-refractivity contribution in [2.75, 3.05) is 64.0 Å². The minimum Gasteiger partial charge on any atom is -0.475 e. The van der Waals surface area contributed by atoms with Crippen LogP contribution in [-0.4, -0.2) is 92.0 Å². The van der Waals surface area contributed by atoms with E-state index in [-0.39, 0.29) is 13.2 Å². The zero-order chi connectivity index (χ0) is 40.0. The summed E-state index contributed by atoms with van der Waals surface area (Å²) in [6, 6.07) is 22.5. The third kappa shape index (κ3) is 10.6. The van der Waals surface area contributed by atoms with E-state index in [0.29, 0.717) is 55.6 Å². The number of nitrogens with one attached hydrogen (secondary N) is 1. The Hall–Kier alpha value is -6.04. The van der Waals surface area contributed by atoms with E-state index in [1.54, 1.807) is 24.5 Å². The minimum absolute atomic E-state index is 0.0801. The van der Waals surface area contributed by atoms with Crippen molar-refractivity contribution in [3.8, 4) is 11.8 Å². The molecule has 14 nitrogen and oxygen atoms in total. The fourth-order valence-electron chi connectivity index (χ4n) is 5.80. The van der Waals surface area contributed by atoms with Crippen molar-refractivity contribution >= 4 is 77.3 Å². The van der Waals surface area contributed by atoms with Crippen molar-refractivity contribution < 1.29 is 27.7 Å². The summed E-state index contributed by atoms with van der Waals surface area (Å²) in [5.41, 5.74) is 9.65. The highest BCUT2D eigenvalue weighted by molar-refractivity contribution is 9.10. The van der Waals surface area contributed by atoms with Crippen molar-refractivity contribution in [1.29, 1.82) is 0 Å². The molecule has 0 fully saturated rings. The third-order valence-corrected chi connectivity index (χ3v) is 8.82. The average molecular weight is 844 g/mol. The molecule has 0 amide bonds. The maximum absolute atomic E-state index is 12.0. The van der Waals surface area contributed by atoms with Crippen molar-refractivity contribution in [3.63, 3.8) is 0 Å². The Balaban J connectivity index is 0.000000159. The van der Waals surface area contributed by atoms with Gasteiger partial charge in [0, 0.05) is 72.6 Å². The Morgan fingerprint density at radius 3 is 1.74 bits per heavy atom. The minimum atomic E-state index is -0.498. The van der Waals surface area contributed by atoms with Gasteiger partial charge in [-0.05, 0) is 64.5 Å². The Labute approximate surface area is 335 Å². The summed E-state index contributed by atoms with van der Waals surface area (Å²) in [7, 11) is 3.97. The van der Waals surface area contributed by atoms with Gasteiger partial charge in [-0.1, -0.05) is 12.1 Å². The number of anilines is 3.